The summed E-state index contributed by atoms with van der Waals surface area (Å²) in [6, 6.07) is 13.7. The van der Waals surface area contributed by atoms with Gasteiger partial charge in [0.15, 0.2) is 11.2 Å². The van der Waals surface area contributed by atoms with E-state index in [4.69, 9.17) is 4.52 Å². The van der Waals surface area contributed by atoms with Crippen molar-refractivity contribution in [3.8, 4) is 11.4 Å². The van der Waals surface area contributed by atoms with Crippen molar-refractivity contribution in [2.75, 3.05) is 0 Å². The van der Waals surface area contributed by atoms with Crippen molar-refractivity contribution in [3.63, 3.8) is 0 Å². The summed E-state index contributed by atoms with van der Waals surface area (Å²) in [6.45, 7) is 2.50. The van der Waals surface area contributed by atoms with Gasteiger partial charge in [0.1, 0.15) is 18.7 Å². The first kappa shape index (κ1) is 18.8. The zero-order chi connectivity index (χ0) is 21.4. The Morgan fingerprint density at radius 2 is 1.94 bits per heavy atom. The fourth-order valence-corrected chi connectivity index (χ4v) is 3.27. The van der Waals surface area contributed by atoms with Crippen LogP contribution < -0.4 is 5.56 Å². The lowest BCUT2D eigenvalue weighted by Gasteiger charge is -2.04. The Hall–Kier alpha value is -4.21. The second kappa shape index (κ2) is 7.56. The van der Waals surface area contributed by atoms with Gasteiger partial charge in [-0.3, -0.25) is 9.36 Å². The van der Waals surface area contributed by atoms with Gasteiger partial charge in [0.2, 0.25) is 11.7 Å². The molecule has 0 amide bonds. The Morgan fingerprint density at radius 1 is 1.10 bits per heavy atom. The van der Waals surface area contributed by atoms with Crippen LogP contribution in [0.2, 0.25) is 0 Å². The van der Waals surface area contributed by atoms with Crippen LogP contribution in [0.1, 0.15) is 17.0 Å². The molecule has 154 valence electrons. The van der Waals surface area contributed by atoms with Gasteiger partial charge in [-0.1, -0.05) is 40.2 Å². The molecule has 0 saturated carbocycles. The Bertz CT molecular complexity index is 1440. The Kier molecular flexibility index (Phi) is 4.58. The molecule has 0 aliphatic rings. The molecule has 0 unspecified atom stereocenters. The average molecular weight is 417 g/mol. The molecule has 0 bridgehead atoms. The van der Waals surface area contributed by atoms with Gasteiger partial charge >= 0.3 is 0 Å². The summed E-state index contributed by atoms with van der Waals surface area (Å²) in [6.07, 6.45) is 1.41. The van der Waals surface area contributed by atoms with Crippen molar-refractivity contribution in [1.29, 1.82) is 0 Å². The van der Waals surface area contributed by atoms with Crippen LogP contribution in [0.25, 0.3) is 22.6 Å². The van der Waals surface area contributed by atoms with E-state index in [0.29, 0.717) is 23.6 Å². The van der Waals surface area contributed by atoms with Gasteiger partial charge in [-0.2, -0.15) is 4.98 Å². The topological polar surface area (TPSA) is 105 Å². The van der Waals surface area contributed by atoms with Crippen molar-refractivity contribution < 1.29 is 8.91 Å². The molecule has 5 aromatic rings. The highest BCUT2D eigenvalue weighted by atomic mass is 19.1. The van der Waals surface area contributed by atoms with E-state index in [1.165, 1.54) is 23.0 Å². The lowest BCUT2D eigenvalue weighted by atomic mass is 10.1. The summed E-state index contributed by atoms with van der Waals surface area (Å²) < 4.78 is 21.2. The number of hydrogen-bond donors (Lipinski definition) is 0. The van der Waals surface area contributed by atoms with Gasteiger partial charge in [0.25, 0.3) is 5.56 Å². The molecule has 9 nitrogen and oxygen atoms in total. The van der Waals surface area contributed by atoms with E-state index >= 15 is 0 Å². The van der Waals surface area contributed by atoms with Gasteiger partial charge in [-0.15, -0.1) is 5.10 Å². The van der Waals surface area contributed by atoms with E-state index in [1.54, 1.807) is 16.8 Å². The summed E-state index contributed by atoms with van der Waals surface area (Å²) in [4.78, 5) is 21.5. The lowest BCUT2D eigenvalue weighted by molar-refractivity contribution is 0.369. The maximum absolute atomic E-state index is 13.1. The number of halogens is 1. The fraction of sp³-hybridized carbons (Fsp3) is 0.143. The lowest BCUT2D eigenvalue weighted by Crippen LogP contribution is -2.21. The van der Waals surface area contributed by atoms with Crippen molar-refractivity contribution in [3.05, 3.63) is 88.0 Å². The van der Waals surface area contributed by atoms with Crippen LogP contribution in [-0.4, -0.2) is 34.7 Å². The fourth-order valence-electron chi connectivity index (χ4n) is 3.27. The van der Waals surface area contributed by atoms with Crippen molar-refractivity contribution in [1.82, 2.24) is 34.7 Å². The first-order valence-electron chi connectivity index (χ1n) is 9.49. The third-order valence-electron chi connectivity index (χ3n) is 4.78. The molecule has 0 spiro atoms. The average Bonchev–Trinajstić information content (AvgIpc) is 3.39. The number of aryl methyl sites for hydroxylation is 1. The van der Waals surface area contributed by atoms with Crippen molar-refractivity contribution in [2.24, 2.45) is 0 Å². The summed E-state index contributed by atoms with van der Waals surface area (Å²) in [5.41, 5.74) is 2.99. The third kappa shape index (κ3) is 3.70. The molecule has 3 aromatic heterocycles. The molecule has 2 aromatic carbocycles. The normalized spacial score (nSPS) is 11.3. The van der Waals surface area contributed by atoms with E-state index in [0.717, 1.165) is 11.1 Å². The summed E-state index contributed by atoms with van der Waals surface area (Å²) in [5, 5.41) is 12.0. The standard InChI is InChI=1S/C21H16FN7O2/c1-13-3-2-4-14(9-13)10-29-20-18(25-27-29)21(30)28(12-23-20)11-17-24-19(26-31-17)15-5-7-16(22)8-6-15/h2-9,12H,10-11H2,1H3. The van der Waals surface area contributed by atoms with Crippen molar-refractivity contribution >= 4 is 11.2 Å². The van der Waals surface area contributed by atoms with Gasteiger partial charge in [-0.25, -0.2) is 14.1 Å². The first-order chi connectivity index (χ1) is 15.1. The molecule has 0 saturated heterocycles. The number of benzene rings is 2. The molecule has 0 aliphatic carbocycles. The second-order valence-corrected chi connectivity index (χ2v) is 7.10. The summed E-state index contributed by atoms with van der Waals surface area (Å²) in [7, 11) is 0. The van der Waals surface area contributed by atoms with Crippen LogP contribution in [0.4, 0.5) is 4.39 Å². The highest BCUT2D eigenvalue weighted by Crippen LogP contribution is 2.16. The van der Waals surface area contributed by atoms with E-state index in [-0.39, 0.29) is 29.3 Å². The second-order valence-electron chi connectivity index (χ2n) is 7.10. The molecular weight excluding hydrogens is 401 g/mol. The van der Waals surface area contributed by atoms with E-state index < -0.39 is 0 Å². The van der Waals surface area contributed by atoms with Gasteiger partial charge in [0, 0.05) is 5.56 Å². The molecule has 31 heavy (non-hydrogen) atoms. The third-order valence-corrected chi connectivity index (χ3v) is 4.78. The largest absolute Gasteiger partial charge is 0.337 e. The predicted octanol–water partition coefficient (Wildman–Crippen LogP) is 2.58. The van der Waals surface area contributed by atoms with E-state index in [1.807, 2.05) is 31.2 Å². The number of fused-ring (bicyclic) bond motifs is 1. The minimum atomic E-state index is -0.359. The summed E-state index contributed by atoms with van der Waals surface area (Å²) >= 11 is 0. The van der Waals surface area contributed by atoms with Crippen molar-refractivity contribution in [2.45, 2.75) is 20.0 Å². The maximum atomic E-state index is 13.1. The minimum absolute atomic E-state index is 0.0285. The molecule has 0 radical (unpaired) electrons. The highest BCUT2D eigenvalue weighted by Gasteiger charge is 2.15. The zero-order valence-electron chi connectivity index (χ0n) is 16.4. The smallest absolute Gasteiger partial charge is 0.283 e. The molecular formula is C21H16FN7O2. The van der Waals surface area contributed by atoms with Gasteiger partial charge in [0.05, 0.1) is 6.54 Å². The number of rotatable bonds is 5. The van der Waals surface area contributed by atoms with Crippen LogP contribution in [0.5, 0.6) is 0 Å². The molecule has 3 heterocycles. The summed E-state index contributed by atoms with van der Waals surface area (Å²) in [5.74, 6) is 0.171. The molecule has 5 rings (SSSR count). The van der Waals surface area contributed by atoms with Crippen LogP contribution in [0, 0.1) is 12.7 Å². The minimum Gasteiger partial charge on any atom is -0.337 e. The highest BCUT2D eigenvalue weighted by molar-refractivity contribution is 5.67. The first-order valence-corrected chi connectivity index (χ1v) is 9.49. The number of nitrogens with zero attached hydrogens (tertiary/aromatic N) is 7. The SMILES string of the molecule is Cc1cccc(Cn2nnc3c(=O)n(Cc4nc(-c5ccc(F)cc5)no4)cnc32)c1. The molecule has 0 atom stereocenters. The van der Waals surface area contributed by atoms with Gasteiger partial charge in [-0.05, 0) is 36.8 Å². The monoisotopic (exact) mass is 417 g/mol. The Balaban J connectivity index is 1.41. The van der Waals surface area contributed by atoms with E-state index in [2.05, 4.69) is 25.4 Å². The van der Waals surface area contributed by atoms with Gasteiger partial charge < -0.3 is 4.52 Å². The Morgan fingerprint density at radius 3 is 2.74 bits per heavy atom. The number of aromatic nitrogens is 7. The van der Waals surface area contributed by atoms with Crippen LogP contribution in [-0.2, 0) is 13.1 Å². The number of hydrogen-bond acceptors (Lipinski definition) is 7. The van der Waals surface area contributed by atoms with Crippen LogP contribution in [0.3, 0.4) is 0 Å². The molecule has 0 aliphatic heterocycles. The van der Waals surface area contributed by atoms with E-state index in [9.17, 15) is 9.18 Å². The Labute approximate surface area is 174 Å². The molecule has 10 heteroatoms. The quantitative estimate of drug-likeness (QED) is 0.433. The molecule has 0 fully saturated rings. The van der Waals surface area contributed by atoms with Crippen LogP contribution in [0.15, 0.2) is 64.2 Å². The zero-order valence-corrected chi connectivity index (χ0v) is 16.4. The predicted molar refractivity (Wildman–Crippen MR) is 109 cm³/mol. The van der Waals surface area contributed by atoms with Crippen LogP contribution >= 0.6 is 0 Å². The molecule has 0 N–H and O–H groups in total. The maximum Gasteiger partial charge on any atom is 0.283 e.